The van der Waals surface area contributed by atoms with Crippen molar-refractivity contribution in [2.24, 2.45) is 0 Å². The van der Waals surface area contributed by atoms with Gasteiger partial charge in [0.05, 0.1) is 11.4 Å². The van der Waals surface area contributed by atoms with Gasteiger partial charge in [0, 0.05) is 12.2 Å². The molecule has 0 aliphatic carbocycles. The first kappa shape index (κ1) is 15.7. The summed E-state index contributed by atoms with van der Waals surface area (Å²) in [5.74, 6) is -0.536. The molecule has 0 atom stereocenters. The second-order valence-electron chi connectivity index (χ2n) is 4.94. The second kappa shape index (κ2) is 6.36. The zero-order valence-corrected chi connectivity index (χ0v) is 12.8. The number of aromatic amines is 1. The number of sulfonamides is 1. The molecule has 0 amide bonds. The Balaban J connectivity index is 1.91. The minimum Gasteiger partial charge on any atom is -0.282 e. The van der Waals surface area contributed by atoms with Crippen LogP contribution in [-0.2, 0) is 22.2 Å². The summed E-state index contributed by atoms with van der Waals surface area (Å²) in [6.07, 6.45) is 0.580. The van der Waals surface area contributed by atoms with Crippen LogP contribution in [0, 0.1) is 19.7 Å². The zero-order valence-electron chi connectivity index (χ0n) is 12.0. The summed E-state index contributed by atoms with van der Waals surface area (Å²) in [6.45, 7) is 4.10. The minimum atomic E-state index is -3.43. The summed E-state index contributed by atoms with van der Waals surface area (Å²) in [4.78, 5) is 0. The molecule has 0 bridgehead atoms. The van der Waals surface area contributed by atoms with Crippen LogP contribution in [0.25, 0.3) is 0 Å². The molecule has 0 aliphatic heterocycles. The van der Waals surface area contributed by atoms with Gasteiger partial charge < -0.3 is 0 Å². The van der Waals surface area contributed by atoms with Crippen LogP contribution in [-0.4, -0.2) is 25.2 Å². The monoisotopic (exact) mass is 311 g/mol. The molecule has 2 rings (SSSR count). The van der Waals surface area contributed by atoms with Crippen LogP contribution in [0.15, 0.2) is 24.3 Å². The van der Waals surface area contributed by atoms with Crippen LogP contribution in [0.1, 0.15) is 22.5 Å². The van der Waals surface area contributed by atoms with Gasteiger partial charge in [-0.15, -0.1) is 0 Å². The molecule has 0 saturated carbocycles. The highest BCUT2D eigenvalue weighted by Crippen LogP contribution is 2.10. The van der Waals surface area contributed by atoms with E-state index in [-0.39, 0.29) is 11.6 Å². The molecule has 0 radical (unpaired) electrons. The third-order valence-electron chi connectivity index (χ3n) is 3.25. The van der Waals surface area contributed by atoms with Crippen molar-refractivity contribution in [3.05, 3.63) is 52.6 Å². The highest BCUT2D eigenvalue weighted by atomic mass is 32.2. The van der Waals surface area contributed by atoms with E-state index in [1.807, 2.05) is 13.8 Å². The quantitative estimate of drug-likeness (QED) is 0.854. The summed E-state index contributed by atoms with van der Waals surface area (Å²) in [5, 5.41) is 6.94. The van der Waals surface area contributed by atoms with Crippen molar-refractivity contribution >= 4 is 10.0 Å². The lowest BCUT2D eigenvalue weighted by atomic mass is 10.1. The Morgan fingerprint density at radius 3 is 2.48 bits per heavy atom. The number of rotatable bonds is 6. The fourth-order valence-electron chi connectivity index (χ4n) is 2.13. The average molecular weight is 311 g/mol. The van der Waals surface area contributed by atoms with Gasteiger partial charge in [-0.25, -0.2) is 17.5 Å². The van der Waals surface area contributed by atoms with E-state index in [2.05, 4.69) is 14.9 Å². The van der Waals surface area contributed by atoms with E-state index in [1.54, 1.807) is 0 Å². The Morgan fingerprint density at radius 2 is 1.90 bits per heavy atom. The van der Waals surface area contributed by atoms with E-state index in [9.17, 15) is 12.8 Å². The van der Waals surface area contributed by atoms with E-state index >= 15 is 0 Å². The highest BCUT2D eigenvalue weighted by Gasteiger charge is 2.12. The molecule has 0 saturated heterocycles. The predicted octanol–water partition coefficient (Wildman–Crippen LogP) is 1.83. The molecule has 21 heavy (non-hydrogen) atoms. The summed E-state index contributed by atoms with van der Waals surface area (Å²) < 4.78 is 39.2. The number of hydrogen-bond donors (Lipinski definition) is 2. The number of aryl methyl sites for hydroxylation is 2. The number of nitrogens with one attached hydrogen (secondary N) is 2. The van der Waals surface area contributed by atoms with Gasteiger partial charge in [-0.3, -0.25) is 5.10 Å². The Bertz CT molecular complexity index is 689. The first-order valence-corrected chi connectivity index (χ1v) is 8.25. The molecular formula is C14H18FN3O2S. The Morgan fingerprint density at radius 1 is 1.24 bits per heavy atom. The average Bonchev–Trinajstić information content (AvgIpc) is 2.73. The second-order valence-corrected chi connectivity index (χ2v) is 6.75. The summed E-state index contributed by atoms with van der Waals surface area (Å²) in [5.41, 5.74) is 3.41. The maximum atomic E-state index is 12.8. The molecule has 1 aromatic heterocycles. The first-order chi connectivity index (χ1) is 9.87. The van der Waals surface area contributed by atoms with Crippen LogP contribution in [0.5, 0.6) is 0 Å². The van der Waals surface area contributed by atoms with Crippen LogP contribution in [0.2, 0.25) is 0 Å². The van der Waals surface area contributed by atoms with Crippen molar-refractivity contribution in [1.29, 1.82) is 0 Å². The fraction of sp³-hybridized carbons (Fsp3) is 0.357. The standard InChI is InChI=1S/C14H18FN3O2S/c1-10-14(11(2)18-17-10)7-8-16-21(19,20)9-12-3-5-13(15)6-4-12/h3-6,16H,7-9H2,1-2H3,(H,17,18). The fourth-order valence-corrected chi connectivity index (χ4v) is 3.27. The summed E-state index contributed by atoms with van der Waals surface area (Å²) in [6, 6.07) is 5.45. The molecule has 114 valence electrons. The highest BCUT2D eigenvalue weighted by molar-refractivity contribution is 7.88. The number of benzene rings is 1. The van der Waals surface area contributed by atoms with Crippen LogP contribution < -0.4 is 4.72 Å². The van der Waals surface area contributed by atoms with Gasteiger partial charge in [-0.05, 0) is 43.5 Å². The van der Waals surface area contributed by atoms with Crippen LogP contribution in [0.3, 0.4) is 0 Å². The molecule has 7 heteroatoms. The number of halogens is 1. The SMILES string of the molecule is Cc1n[nH]c(C)c1CCNS(=O)(=O)Cc1ccc(F)cc1. The van der Waals surface area contributed by atoms with Crippen molar-refractivity contribution in [1.82, 2.24) is 14.9 Å². The number of nitrogens with zero attached hydrogens (tertiary/aromatic N) is 1. The maximum absolute atomic E-state index is 12.8. The normalized spacial score (nSPS) is 11.8. The number of aromatic nitrogens is 2. The van der Waals surface area contributed by atoms with Gasteiger partial charge in [-0.1, -0.05) is 12.1 Å². The van der Waals surface area contributed by atoms with Crippen molar-refractivity contribution in [2.75, 3.05) is 6.54 Å². The minimum absolute atomic E-state index is 0.156. The van der Waals surface area contributed by atoms with Gasteiger partial charge in [0.25, 0.3) is 0 Å². The van der Waals surface area contributed by atoms with Gasteiger partial charge in [-0.2, -0.15) is 5.10 Å². The van der Waals surface area contributed by atoms with Crippen LogP contribution >= 0.6 is 0 Å². The molecule has 0 aliphatic rings. The number of H-pyrrole nitrogens is 1. The zero-order chi connectivity index (χ0) is 15.5. The molecule has 1 aromatic carbocycles. The van der Waals surface area contributed by atoms with Gasteiger partial charge in [0.2, 0.25) is 10.0 Å². The van der Waals surface area contributed by atoms with Crippen molar-refractivity contribution in [3.8, 4) is 0 Å². The van der Waals surface area contributed by atoms with E-state index < -0.39 is 10.0 Å². The Kier molecular flexibility index (Phi) is 4.74. The van der Waals surface area contributed by atoms with Crippen molar-refractivity contribution in [2.45, 2.75) is 26.0 Å². The molecular weight excluding hydrogens is 293 g/mol. The molecule has 2 N–H and O–H groups in total. The lowest BCUT2D eigenvalue weighted by Gasteiger charge is -2.07. The Labute approximate surface area is 123 Å². The molecule has 0 unspecified atom stereocenters. The number of hydrogen-bond acceptors (Lipinski definition) is 3. The first-order valence-electron chi connectivity index (χ1n) is 6.59. The molecule has 2 aromatic rings. The third kappa shape index (κ3) is 4.37. The lowest BCUT2D eigenvalue weighted by Crippen LogP contribution is -2.27. The molecule has 1 heterocycles. The topological polar surface area (TPSA) is 74.8 Å². The van der Waals surface area contributed by atoms with E-state index in [0.717, 1.165) is 17.0 Å². The molecule has 0 fully saturated rings. The van der Waals surface area contributed by atoms with Gasteiger partial charge >= 0.3 is 0 Å². The molecule has 5 nitrogen and oxygen atoms in total. The van der Waals surface area contributed by atoms with Gasteiger partial charge in [0.1, 0.15) is 5.82 Å². The van der Waals surface area contributed by atoms with E-state index in [1.165, 1.54) is 24.3 Å². The van der Waals surface area contributed by atoms with Gasteiger partial charge in [0.15, 0.2) is 0 Å². The maximum Gasteiger partial charge on any atom is 0.215 e. The Hall–Kier alpha value is -1.73. The van der Waals surface area contributed by atoms with Crippen LogP contribution in [0.4, 0.5) is 4.39 Å². The third-order valence-corrected chi connectivity index (χ3v) is 4.60. The van der Waals surface area contributed by atoms with E-state index in [0.29, 0.717) is 18.5 Å². The van der Waals surface area contributed by atoms with E-state index in [4.69, 9.17) is 0 Å². The van der Waals surface area contributed by atoms with Crippen molar-refractivity contribution in [3.63, 3.8) is 0 Å². The smallest absolute Gasteiger partial charge is 0.215 e. The largest absolute Gasteiger partial charge is 0.282 e. The van der Waals surface area contributed by atoms with Crippen molar-refractivity contribution < 1.29 is 12.8 Å². The predicted molar refractivity (Wildman–Crippen MR) is 78.8 cm³/mol. The summed E-state index contributed by atoms with van der Waals surface area (Å²) in [7, 11) is -3.43. The summed E-state index contributed by atoms with van der Waals surface area (Å²) >= 11 is 0. The lowest BCUT2D eigenvalue weighted by molar-refractivity contribution is 0.580. The molecule has 0 spiro atoms.